The molecule has 0 saturated carbocycles. The van der Waals surface area contributed by atoms with Crippen LogP contribution in [0.1, 0.15) is 47.1 Å². The minimum absolute atomic E-state index is 0.211. The Morgan fingerprint density at radius 3 is 2.38 bits per heavy atom. The maximum atomic E-state index is 12.6. The Labute approximate surface area is 141 Å². The fourth-order valence-electron chi connectivity index (χ4n) is 2.80. The fraction of sp³-hybridized carbons (Fsp3) is 0.316. The van der Waals surface area contributed by atoms with E-state index in [2.05, 4.69) is 10.1 Å². The van der Waals surface area contributed by atoms with Crippen molar-refractivity contribution in [1.29, 1.82) is 0 Å². The van der Waals surface area contributed by atoms with E-state index in [1.165, 1.54) is 0 Å². The first-order chi connectivity index (χ1) is 11.3. The summed E-state index contributed by atoms with van der Waals surface area (Å²) in [5.74, 6) is 0.152. The first kappa shape index (κ1) is 16.2. The van der Waals surface area contributed by atoms with Crippen molar-refractivity contribution < 1.29 is 9.53 Å². The summed E-state index contributed by atoms with van der Waals surface area (Å²) >= 11 is 0. The van der Waals surface area contributed by atoms with Gasteiger partial charge in [-0.25, -0.2) is 14.5 Å². The molecule has 0 saturated heterocycles. The zero-order valence-corrected chi connectivity index (χ0v) is 14.6. The summed E-state index contributed by atoms with van der Waals surface area (Å²) in [6.45, 7) is 9.86. The highest BCUT2D eigenvalue weighted by Gasteiger charge is 2.17. The second-order valence-electron chi connectivity index (χ2n) is 6.43. The molecule has 5 nitrogen and oxygen atoms in total. The Balaban J connectivity index is 1.96. The molecule has 0 aliphatic rings. The molecular weight excluding hydrogens is 302 g/mol. The van der Waals surface area contributed by atoms with Gasteiger partial charge in [-0.05, 0) is 63.9 Å². The molecule has 2 aromatic heterocycles. The third-order valence-corrected chi connectivity index (χ3v) is 3.87. The lowest BCUT2D eigenvalue weighted by Gasteiger charge is -2.10. The summed E-state index contributed by atoms with van der Waals surface area (Å²) < 4.78 is 7.39. The summed E-state index contributed by atoms with van der Waals surface area (Å²) in [6, 6.07) is 7.75. The zero-order chi connectivity index (χ0) is 17.4. The molecule has 0 unspecified atom stereocenters. The van der Waals surface area contributed by atoms with Crippen LogP contribution in [-0.4, -0.2) is 20.7 Å². The molecule has 0 aliphatic heterocycles. The van der Waals surface area contributed by atoms with Gasteiger partial charge in [-0.2, -0.15) is 5.10 Å². The third-order valence-electron chi connectivity index (χ3n) is 3.87. The Bertz CT molecular complexity index is 906. The van der Waals surface area contributed by atoms with Crippen LogP contribution in [0.5, 0.6) is 5.75 Å². The number of benzene rings is 1. The monoisotopic (exact) mass is 323 g/mol. The standard InChI is InChI=1S/C19H21N3O2/c1-11(2)22-18-15(10-20-22)9-17(14(5)21-18)19(23)24-16-7-12(3)6-13(4)8-16/h6-11H,1-5H3. The number of fused-ring (bicyclic) bond motifs is 1. The molecule has 2 heterocycles. The summed E-state index contributed by atoms with van der Waals surface area (Å²) in [5, 5.41) is 5.18. The van der Waals surface area contributed by atoms with Crippen molar-refractivity contribution in [3.05, 3.63) is 52.8 Å². The van der Waals surface area contributed by atoms with Crippen molar-refractivity contribution in [2.45, 2.75) is 40.7 Å². The van der Waals surface area contributed by atoms with E-state index < -0.39 is 5.97 Å². The largest absolute Gasteiger partial charge is 0.423 e. The second kappa shape index (κ2) is 6.07. The molecule has 0 spiro atoms. The molecule has 0 fully saturated rings. The van der Waals surface area contributed by atoms with E-state index in [1.54, 1.807) is 12.3 Å². The minimum atomic E-state index is -0.399. The van der Waals surface area contributed by atoms with E-state index in [0.29, 0.717) is 17.0 Å². The van der Waals surface area contributed by atoms with Crippen molar-refractivity contribution in [2.75, 3.05) is 0 Å². The van der Waals surface area contributed by atoms with Crippen LogP contribution in [0.25, 0.3) is 11.0 Å². The number of hydrogen-bond acceptors (Lipinski definition) is 4. The molecule has 0 bridgehead atoms. The number of rotatable bonds is 3. The Hall–Kier alpha value is -2.69. The van der Waals surface area contributed by atoms with E-state index in [0.717, 1.165) is 22.2 Å². The Morgan fingerprint density at radius 2 is 1.75 bits per heavy atom. The number of carbonyl (C=O) groups is 1. The number of carbonyl (C=O) groups excluding carboxylic acids is 1. The minimum Gasteiger partial charge on any atom is -0.423 e. The van der Waals surface area contributed by atoms with Crippen LogP contribution < -0.4 is 4.74 Å². The Kier molecular flexibility index (Phi) is 4.09. The van der Waals surface area contributed by atoms with Crippen LogP contribution in [0.3, 0.4) is 0 Å². The normalized spacial score (nSPS) is 11.2. The topological polar surface area (TPSA) is 57.0 Å². The predicted octanol–water partition coefficient (Wildman–Crippen LogP) is 4.16. The maximum Gasteiger partial charge on any atom is 0.345 e. The molecule has 0 N–H and O–H groups in total. The predicted molar refractivity (Wildman–Crippen MR) is 93.5 cm³/mol. The average Bonchev–Trinajstić information content (AvgIpc) is 2.87. The highest BCUT2D eigenvalue weighted by molar-refractivity contribution is 5.95. The summed E-state index contributed by atoms with van der Waals surface area (Å²) in [7, 11) is 0. The van der Waals surface area contributed by atoms with E-state index in [9.17, 15) is 4.79 Å². The van der Waals surface area contributed by atoms with Crippen molar-refractivity contribution in [1.82, 2.24) is 14.8 Å². The number of hydrogen-bond donors (Lipinski definition) is 0. The van der Waals surface area contributed by atoms with E-state index in [4.69, 9.17) is 4.74 Å². The van der Waals surface area contributed by atoms with Crippen LogP contribution in [0.2, 0.25) is 0 Å². The maximum absolute atomic E-state index is 12.6. The quantitative estimate of drug-likeness (QED) is 0.536. The van der Waals surface area contributed by atoms with Gasteiger partial charge >= 0.3 is 5.97 Å². The van der Waals surface area contributed by atoms with Gasteiger partial charge in [0.25, 0.3) is 0 Å². The Morgan fingerprint density at radius 1 is 1.08 bits per heavy atom. The number of ether oxygens (including phenoxy) is 1. The molecular formula is C19H21N3O2. The molecule has 0 aliphatic carbocycles. The zero-order valence-electron chi connectivity index (χ0n) is 14.6. The smallest absolute Gasteiger partial charge is 0.345 e. The SMILES string of the molecule is Cc1cc(C)cc(OC(=O)c2cc3cnn(C(C)C)c3nc2C)c1. The van der Waals surface area contributed by atoms with Gasteiger partial charge in [0.2, 0.25) is 0 Å². The summed E-state index contributed by atoms with van der Waals surface area (Å²) in [4.78, 5) is 17.1. The highest BCUT2D eigenvalue weighted by atomic mass is 16.5. The number of aryl methyl sites for hydroxylation is 3. The van der Waals surface area contributed by atoms with Gasteiger partial charge in [0.05, 0.1) is 17.5 Å². The van der Waals surface area contributed by atoms with Crippen molar-refractivity contribution >= 4 is 17.0 Å². The third kappa shape index (κ3) is 3.02. The van der Waals surface area contributed by atoms with Crippen LogP contribution in [0.4, 0.5) is 0 Å². The van der Waals surface area contributed by atoms with E-state index in [1.807, 2.05) is 57.5 Å². The molecule has 0 radical (unpaired) electrons. The van der Waals surface area contributed by atoms with Crippen LogP contribution in [0.15, 0.2) is 30.5 Å². The van der Waals surface area contributed by atoms with Crippen molar-refractivity contribution in [2.24, 2.45) is 0 Å². The number of pyridine rings is 1. The van der Waals surface area contributed by atoms with Crippen molar-refractivity contribution in [3.63, 3.8) is 0 Å². The number of esters is 1. The van der Waals surface area contributed by atoms with Gasteiger partial charge in [-0.3, -0.25) is 0 Å². The molecule has 0 amide bonds. The van der Waals surface area contributed by atoms with Crippen LogP contribution in [-0.2, 0) is 0 Å². The fourth-order valence-corrected chi connectivity index (χ4v) is 2.80. The highest BCUT2D eigenvalue weighted by Crippen LogP contribution is 2.22. The van der Waals surface area contributed by atoms with Crippen LogP contribution >= 0.6 is 0 Å². The average molecular weight is 323 g/mol. The molecule has 3 rings (SSSR count). The van der Waals surface area contributed by atoms with E-state index in [-0.39, 0.29) is 6.04 Å². The molecule has 3 aromatic rings. The van der Waals surface area contributed by atoms with Gasteiger partial charge in [-0.15, -0.1) is 0 Å². The molecule has 24 heavy (non-hydrogen) atoms. The lowest BCUT2D eigenvalue weighted by Crippen LogP contribution is -2.12. The van der Waals surface area contributed by atoms with Gasteiger partial charge in [0, 0.05) is 11.4 Å². The van der Waals surface area contributed by atoms with Gasteiger partial charge in [-0.1, -0.05) is 6.07 Å². The number of aromatic nitrogens is 3. The van der Waals surface area contributed by atoms with E-state index >= 15 is 0 Å². The lowest BCUT2D eigenvalue weighted by molar-refractivity contribution is 0.0733. The summed E-state index contributed by atoms with van der Waals surface area (Å²) in [5.41, 5.74) is 4.00. The van der Waals surface area contributed by atoms with Crippen molar-refractivity contribution in [3.8, 4) is 5.75 Å². The molecule has 1 aromatic carbocycles. The molecule has 0 atom stereocenters. The first-order valence-electron chi connectivity index (χ1n) is 8.00. The first-order valence-corrected chi connectivity index (χ1v) is 8.00. The summed E-state index contributed by atoms with van der Waals surface area (Å²) in [6.07, 6.45) is 1.73. The van der Waals surface area contributed by atoms with Crippen LogP contribution in [0, 0.1) is 20.8 Å². The molecule has 5 heteroatoms. The molecule has 124 valence electrons. The number of nitrogens with zero attached hydrogens (tertiary/aromatic N) is 3. The second-order valence-corrected chi connectivity index (χ2v) is 6.43. The van der Waals surface area contributed by atoms with Gasteiger partial charge < -0.3 is 4.74 Å². The lowest BCUT2D eigenvalue weighted by atomic mass is 10.1. The van der Waals surface area contributed by atoms with Gasteiger partial charge in [0.1, 0.15) is 5.75 Å². The van der Waals surface area contributed by atoms with Gasteiger partial charge in [0.15, 0.2) is 5.65 Å².